The van der Waals surface area contributed by atoms with Gasteiger partial charge in [-0.15, -0.1) is 0 Å². The smallest absolute Gasteiger partial charge is 0.319 e. The highest BCUT2D eigenvalue weighted by Gasteiger charge is 2.18. The first-order valence-corrected chi connectivity index (χ1v) is 12.3. The molecular formula is C28H32FN5O4. The van der Waals surface area contributed by atoms with Crippen LogP contribution in [0.15, 0.2) is 48.8 Å². The highest BCUT2D eigenvalue weighted by molar-refractivity contribution is 5.93. The number of aliphatic hydroxyl groups is 1. The standard InChI is InChI=1S/C28H32FN5O4/c1-17-13-22(29)24(34-27(36)32-10-7-28(2,3)37-4)16-21(17)18-14-23(33-25(15-18)38-12-11-35)19-5-8-30-26-20(19)6-9-31-26/h5-6,8-9,13-16,35H,7,10-12H2,1-4H3,(H,30,31)(H2,32,34,36). The quantitative estimate of drug-likeness (QED) is 0.232. The Morgan fingerprint density at radius 3 is 2.76 bits per heavy atom. The Labute approximate surface area is 220 Å². The number of pyridine rings is 2. The SMILES string of the molecule is COC(C)(C)CCNC(=O)Nc1cc(-c2cc(OCCO)nc(-c3ccnc4[nH]ccc34)c2)c(C)cc1F. The van der Waals surface area contributed by atoms with E-state index in [2.05, 4.69) is 25.6 Å². The number of aromatic amines is 1. The number of rotatable bonds is 10. The van der Waals surface area contributed by atoms with Gasteiger partial charge in [-0.3, -0.25) is 0 Å². The van der Waals surface area contributed by atoms with E-state index in [9.17, 15) is 14.3 Å². The molecule has 0 unspecified atom stereocenters. The second-order valence-electron chi connectivity index (χ2n) is 9.49. The first-order chi connectivity index (χ1) is 18.2. The number of fused-ring (bicyclic) bond motifs is 1. The van der Waals surface area contributed by atoms with Crippen molar-refractivity contribution in [2.24, 2.45) is 0 Å². The van der Waals surface area contributed by atoms with E-state index in [1.165, 1.54) is 6.07 Å². The lowest BCUT2D eigenvalue weighted by atomic mass is 9.98. The summed E-state index contributed by atoms with van der Waals surface area (Å²) in [6, 6.07) is 9.84. The molecule has 0 aliphatic heterocycles. The average molecular weight is 522 g/mol. The number of nitrogens with zero attached hydrogens (tertiary/aromatic N) is 2. The number of benzene rings is 1. The zero-order valence-electron chi connectivity index (χ0n) is 21.9. The molecule has 3 heterocycles. The Hall–Kier alpha value is -4.02. The highest BCUT2D eigenvalue weighted by atomic mass is 19.1. The molecule has 0 saturated heterocycles. The van der Waals surface area contributed by atoms with Crippen molar-refractivity contribution in [3.8, 4) is 28.3 Å². The molecule has 9 nitrogen and oxygen atoms in total. The number of ether oxygens (including phenoxy) is 2. The van der Waals surface area contributed by atoms with Gasteiger partial charge in [-0.2, -0.15) is 0 Å². The van der Waals surface area contributed by atoms with Gasteiger partial charge in [0.1, 0.15) is 18.1 Å². The zero-order valence-corrected chi connectivity index (χ0v) is 21.9. The predicted octanol–water partition coefficient (Wildman–Crippen LogP) is 5.05. The molecule has 2 amide bonds. The van der Waals surface area contributed by atoms with Crippen molar-refractivity contribution in [1.29, 1.82) is 0 Å². The van der Waals surface area contributed by atoms with Gasteiger partial charge in [0.25, 0.3) is 0 Å². The fourth-order valence-electron chi connectivity index (χ4n) is 4.03. The van der Waals surface area contributed by atoms with Crippen LogP contribution in [0.2, 0.25) is 0 Å². The second-order valence-corrected chi connectivity index (χ2v) is 9.49. The van der Waals surface area contributed by atoms with E-state index < -0.39 is 11.8 Å². The van der Waals surface area contributed by atoms with E-state index in [4.69, 9.17) is 9.47 Å². The predicted molar refractivity (Wildman–Crippen MR) is 145 cm³/mol. The number of aromatic nitrogens is 3. The number of carbonyl (C=O) groups is 1. The molecule has 3 aromatic heterocycles. The number of urea groups is 1. The van der Waals surface area contributed by atoms with Crippen molar-refractivity contribution >= 4 is 22.8 Å². The fourth-order valence-corrected chi connectivity index (χ4v) is 4.03. The molecule has 1 aromatic carbocycles. The largest absolute Gasteiger partial charge is 0.475 e. The van der Waals surface area contributed by atoms with Crippen LogP contribution in [0.4, 0.5) is 14.9 Å². The Balaban J connectivity index is 1.68. The van der Waals surface area contributed by atoms with Crippen molar-refractivity contribution in [2.75, 3.05) is 32.2 Å². The molecular weight excluding hydrogens is 489 g/mol. The molecule has 4 aromatic rings. The van der Waals surface area contributed by atoms with Crippen LogP contribution in [0.1, 0.15) is 25.8 Å². The lowest BCUT2D eigenvalue weighted by Crippen LogP contribution is -2.34. The van der Waals surface area contributed by atoms with Crippen LogP contribution in [0.25, 0.3) is 33.4 Å². The van der Waals surface area contributed by atoms with E-state index in [0.29, 0.717) is 41.2 Å². The maximum absolute atomic E-state index is 14.9. The second kappa shape index (κ2) is 11.6. The third kappa shape index (κ3) is 6.27. The van der Waals surface area contributed by atoms with Crippen molar-refractivity contribution in [3.05, 3.63) is 60.2 Å². The molecule has 200 valence electrons. The Kier molecular flexibility index (Phi) is 8.23. The van der Waals surface area contributed by atoms with Crippen LogP contribution in [-0.4, -0.2) is 58.6 Å². The number of aliphatic hydroxyl groups excluding tert-OH is 1. The van der Waals surface area contributed by atoms with Crippen molar-refractivity contribution in [3.63, 3.8) is 0 Å². The minimum Gasteiger partial charge on any atom is -0.475 e. The number of nitrogens with one attached hydrogen (secondary N) is 3. The van der Waals surface area contributed by atoms with Crippen molar-refractivity contribution in [1.82, 2.24) is 20.3 Å². The van der Waals surface area contributed by atoms with Crippen LogP contribution < -0.4 is 15.4 Å². The van der Waals surface area contributed by atoms with E-state index in [1.54, 1.807) is 38.6 Å². The Morgan fingerprint density at radius 1 is 1.18 bits per heavy atom. The molecule has 10 heteroatoms. The number of hydrogen-bond donors (Lipinski definition) is 4. The molecule has 0 saturated carbocycles. The topological polar surface area (TPSA) is 121 Å². The lowest BCUT2D eigenvalue weighted by Gasteiger charge is -2.22. The molecule has 0 bridgehead atoms. The maximum Gasteiger partial charge on any atom is 0.319 e. The summed E-state index contributed by atoms with van der Waals surface area (Å²) in [7, 11) is 1.61. The van der Waals surface area contributed by atoms with E-state index in [0.717, 1.165) is 16.6 Å². The molecule has 4 N–H and O–H groups in total. The summed E-state index contributed by atoms with van der Waals surface area (Å²) in [6.07, 6.45) is 4.09. The number of amides is 2. The minimum atomic E-state index is -0.548. The first-order valence-electron chi connectivity index (χ1n) is 12.3. The fraction of sp³-hybridized carbons (Fsp3) is 0.321. The minimum absolute atomic E-state index is 0.0437. The first kappa shape index (κ1) is 27.0. The summed E-state index contributed by atoms with van der Waals surface area (Å²) in [4.78, 5) is 24.6. The number of anilines is 1. The molecule has 0 radical (unpaired) electrons. The summed E-state index contributed by atoms with van der Waals surface area (Å²) >= 11 is 0. The third-order valence-corrected chi connectivity index (χ3v) is 6.32. The number of carbonyl (C=O) groups excluding carboxylic acids is 1. The third-order valence-electron chi connectivity index (χ3n) is 6.32. The van der Waals surface area contributed by atoms with Gasteiger partial charge < -0.3 is 30.2 Å². The molecule has 0 spiro atoms. The summed E-state index contributed by atoms with van der Waals surface area (Å²) in [5.74, 6) is -0.239. The van der Waals surface area contributed by atoms with E-state index in [1.807, 2.05) is 32.0 Å². The van der Waals surface area contributed by atoms with Gasteiger partial charge in [-0.05, 0) is 74.2 Å². The van der Waals surface area contributed by atoms with Crippen LogP contribution in [0.3, 0.4) is 0 Å². The van der Waals surface area contributed by atoms with Gasteiger partial charge in [-0.1, -0.05) is 0 Å². The van der Waals surface area contributed by atoms with Crippen LogP contribution in [0.5, 0.6) is 5.88 Å². The van der Waals surface area contributed by atoms with Crippen LogP contribution in [0, 0.1) is 12.7 Å². The zero-order chi connectivity index (χ0) is 27.3. The van der Waals surface area contributed by atoms with Crippen molar-refractivity contribution < 1.29 is 23.8 Å². The lowest BCUT2D eigenvalue weighted by molar-refractivity contribution is 0.0165. The number of hydrogen-bond acceptors (Lipinski definition) is 6. The van der Waals surface area contributed by atoms with Crippen molar-refractivity contribution in [2.45, 2.75) is 32.8 Å². The van der Waals surface area contributed by atoms with Gasteiger partial charge >= 0.3 is 6.03 Å². The van der Waals surface area contributed by atoms with Gasteiger partial charge in [0.15, 0.2) is 0 Å². The van der Waals surface area contributed by atoms with Crippen LogP contribution >= 0.6 is 0 Å². The summed E-state index contributed by atoms with van der Waals surface area (Å²) in [6.45, 7) is 5.91. The number of halogens is 1. The normalized spacial score (nSPS) is 11.5. The number of aryl methyl sites for hydroxylation is 1. The average Bonchev–Trinajstić information content (AvgIpc) is 3.38. The monoisotopic (exact) mass is 521 g/mol. The van der Waals surface area contributed by atoms with Gasteiger partial charge in [0, 0.05) is 43.1 Å². The molecule has 0 aliphatic rings. The number of H-pyrrole nitrogens is 1. The Bertz CT molecular complexity index is 1440. The molecule has 0 aliphatic carbocycles. The highest BCUT2D eigenvalue weighted by Crippen LogP contribution is 2.35. The van der Waals surface area contributed by atoms with E-state index >= 15 is 0 Å². The van der Waals surface area contributed by atoms with Gasteiger partial charge in [-0.25, -0.2) is 19.2 Å². The van der Waals surface area contributed by atoms with E-state index in [-0.39, 0.29) is 24.5 Å². The van der Waals surface area contributed by atoms with Gasteiger partial charge in [0.2, 0.25) is 5.88 Å². The number of methoxy groups -OCH3 is 1. The molecule has 0 atom stereocenters. The summed E-state index contributed by atoms with van der Waals surface area (Å²) < 4.78 is 25.9. The summed E-state index contributed by atoms with van der Waals surface area (Å²) in [5, 5.41) is 15.5. The molecule has 0 fully saturated rings. The Morgan fingerprint density at radius 2 is 2.00 bits per heavy atom. The summed E-state index contributed by atoms with van der Waals surface area (Å²) in [5.41, 5.74) is 3.92. The molecule has 38 heavy (non-hydrogen) atoms. The van der Waals surface area contributed by atoms with Gasteiger partial charge in [0.05, 0.1) is 23.6 Å². The molecule has 4 rings (SSSR count). The maximum atomic E-state index is 14.9. The van der Waals surface area contributed by atoms with Crippen LogP contribution in [-0.2, 0) is 4.74 Å².